The van der Waals surface area contributed by atoms with E-state index in [0.29, 0.717) is 0 Å². The maximum absolute atomic E-state index is 8.36. The van der Waals surface area contributed by atoms with E-state index in [-0.39, 0.29) is 6.47 Å². The molecule has 0 aliphatic carbocycles. The van der Waals surface area contributed by atoms with Crippen LogP contribution in [0, 0.1) is 6.92 Å². The Balaban J connectivity index is 0.000000659. The van der Waals surface area contributed by atoms with Gasteiger partial charge in [0.2, 0.25) is 0 Å². The van der Waals surface area contributed by atoms with Gasteiger partial charge < -0.3 is 14.7 Å². The predicted molar refractivity (Wildman–Crippen MR) is 106 cm³/mol. The molecule has 0 amide bonds. The fraction of sp³-hybridized carbons (Fsp3) is 0.286. The Morgan fingerprint density at radius 3 is 2.30 bits per heavy atom. The molecule has 1 aromatic heterocycles. The molecule has 4 rings (SSSR count). The number of hydrogen-bond acceptors (Lipinski definition) is 5. The molecule has 1 fully saturated rings. The van der Waals surface area contributed by atoms with Crippen LogP contribution in [0.1, 0.15) is 18.7 Å². The van der Waals surface area contributed by atoms with E-state index in [9.17, 15) is 0 Å². The first-order chi connectivity index (χ1) is 13.2. The van der Waals surface area contributed by atoms with Crippen LogP contribution in [0.15, 0.2) is 42.5 Å². The van der Waals surface area contributed by atoms with Gasteiger partial charge in [0.25, 0.3) is 6.47 Å². The average molecular weight is 365 g/mol. The van der Waals surface area contributed by atoms with Gasteiger partial charge in [-0.3, -0.25) is 4.79 Å². The Morgan fingerprint density at radius 1 is 1.04 bits per heavy atom. The summed E-state index contributed by atoms with van der Waals surface area (Å²) in [5.41, 5.74) is 3.34. The molecular formula is C21H23N3O3. The van der Waals surface area contributed by atoms with Crippen molar-refractivity contribution in [1.29, 1.82) is 0 Å². The standard InChI is InChI=1S/C20H21N3O.CH2O2/c1-14-21-19-13-16(15-5-8-17(24-2)9-6-15)7-10-18(19)20(22-14)23-11-3-4-12-23;2-1-3/h5-10,13H,3-4,11-12H2,1-2H3;1H,(H,2,3). The first kappa shape index (κ1) is 18.6. The highest BCUT2D eigenvalue weighted by Crippen LogP contribution is 2.31. The third-order valence-corrected chi connectivity index (χ3v) is 4.62. The summed E-state index contributed by atoms with van der Waals surface area (Å²) in [7, 11) is 1.69. The van der Waals surface area contributed by atoms with Gasteiger partial charge in [-0.05, 0) is 55.2 Å². The summed E-state index contributed by atoms with van der Waals surface area (Å²) in [4.78, 5) is 20.1. The highest BCUT2D eigenvalue weighted by molar-refractivity contribution is 5.92. The van der Waals surface area contributed by atoms with Gasteiger partial charge in [0.1, 0.15) is 17.4 Å². The third-order valence-electron chi connectivity index (χ3n) is 4.62. The quantitative estimate of drug-likeness (QED) is 0.709. The molecule has 140 valence electrons. The van der Waals surface area contributed by atoms with Crippen LogP contribution in [0.25, 0.3) is 22.0 Å². The number of carbonyl (C=O) groups is 1. The lowest BCUT2D eigenvalue weighted by Gasteiger charge is -2.19. The van der Waals surface area contributed by atoms with Gasteiger partial charge in [-0.15, -0.1) is 0 Å². The zero-order chi connectivity index (χ0) is 19.2. The number of fused-ring (bicyclic) bond motifs is 1. The number of aromatic nitrogens is 2. The molecule has 0 radical (unpaired) electrons. The lowest BCUT2D eigenvalue weighted by molar-refractivity contribution is -0.122. The smallest absolute Gasteiger partial charge is 0.290 e. The number of carboxylic acid groups (broad SMARTS) is 1. The SMILES string of the molecule is COc1ccc(-c2ccc3c(N4CCCC4)nc(C)nc3c2)cc1.O=CO. The number of nitrogens with zero attached hydrogens (tertiary/aromatic N) is 3. The highest BCUT2D eigenvalue weighted by Gasteiger charge is 2.17. The maximum Gasteiger partial charge on any atom is 0.290 e. The summed E-state index contributed by atoms with van der Waals surface area (Å²) in [6, 6.07) is 14.6. The first-order valence-corrected chi connectivity index (χ1v) is 8.92. The van der Waals surface area contributed by atoms with Crippen molar-refractivity contribution >= 4 is 23.2 Å². The van der Waals surface area contributed by atoms with Gasteiger partial charge in [0.15, 0.2) is 0 Å². The van der Waals surface area contributed by atoms with E-state index in [1.165, 1.54) is 12.8 Å². The summed E-state index contributed by atoms with van der Waals surface area (Å²) in [6.07, 6.45) is 2.49. The van der Waals surface area contributed by atoms with E-state index in [0.717, 1.165) is 52.5 Å². The highest BCUT2D eigenvalue weighted by atomic mass is 16.5. The molecular weight excluding hydrogens is 342 g/mol. The number of anilines is 1. The summed E-state index contributed by atoms with van der Waals surface area (Å²) in [5.74, 6) is 2.78. The number of hydrogen-bond donors (Lipinski definition) is 1. The van der Waals surface area contributed by atoms with Gasteiger partial charge in [0.05, 0.1) is 12.6 Å². The van der Waals surface area contributed by atoms with Crippen LogP contribution < -0.4 is 9.64 Å². The van der Waals surface area contributed by atoms with Crippen molar-refractivity contribution in [2.75, 3.05) is 25.1 Å². The zero-order valence-corrected chi connectivity index (χ0v) is 15.6. The summed E-state index contributed by atoms with van der Waals surface area (Å²) >= 11 is 0. The summed E-state index contributed by atoms with van der Waals surface area (Å²) < 4.78 is 5.24. The summed E-state index contributed by atoms with van der Waals surface area (Å²) in [6.45, 7) is 3.90. The fourth-order valence-corrected chi connectivity index (χ4v) is 3.36. The lowest BCUT2D eigenvalue weighted by Crippen LogP contribution is -2.20. The molecule has 1 aliphatic rings. The largest absolute Gasteiger partial charge is 0.497 e. The summed E-state index contributed by atoms with van der Waals surface area (Å²) in [5, 5.41) is 8.03. The van der Waals surface area contributed by atoms with E-state index in [4.69, 9.17) is 19.6 Å². The Labute approximate surface area is 158 Å². The Hall–Kier alpha value is -3.15. The number of methoxy groups -OCH3 is 1. The molecule has 3 aromatic rings. The molecule has 0 bridgehead atoms. The van der Waals surface area contributed by atoms with Gasteiger partial charge in [-0.1, -0.05) is 18.2 Å². The van der Waals surface area contributed by atoms with Crippen molar-refractivity contribution in [3.05, 3.63) is 48.3 Å². The predicted octanol–water partition coefficient (Wildman–Crippen LogP) is 3.91. The normalized spacial score (nSPS) is 13.2. The molecule has 0 unspecified atom stereocenters. The van der Waals surface area contributed by atoms with Crippen molar-refractivity contribution < 1.29 is 14.6 Å². The van der Waals surface area contributed by atoms with E-state index in [2.05, 4.69) is 40.2 Å². The molecule has 2 heterocycles. The van der Waals surface area contributed by atoms with Gasteiger partial charge in [0, 0.05) is 18.5 Å². The van der Waals surface area contributed by atoms with Crippen LogP contribution in [0.5, 0.6) is 5.75 Å². The Morgan fingerprint density at radius 2 is 1.67 bits per heavy atom. The Bertz CT molecular complexity index is 920. The molecule has 27 heavy (non-hydrogen) atoms. The second kappa shape index (κ2) is 8.49. The molecule has 0 spiro atoms. The van der Waals surface area contributed by atoms with Crippen molar-refractivity contribution in [3.63, 3.8) is 0 Å². The van der Waals surface area contributed by atoms with Crippen LogP contribution >= 0.6 is 0 Å². The van der Waals surface area contributed by atoms with Crippen LogP contribution in [0.4, 0.5) is 5.82 Å². The van der Waals surface area contributed by atoms with Crippen molar-refractivity contribution in [1.82, 2.24) is 9.97 Å². The minimum atomic E-state index is -0.250. The van der Waals surface area contributed by atoms with Crippen molar-refractivity contribution in [2.24, 2.45) is 0 Å². The van der Waals surface area contributed by atoms with E-state index < -0.39 is 0 Å². The van der Waals surface area contributed by atoms with Gasteiger partial charge in [-0.2, -0.15) is 0 Å². The topological polar surface area (TPSA) is 75.5 Å². The molecule has 0 atom stereocenters. The van der Waals surface area contributed by atoms with E-state index in [1.54, 1.807) is 7.11 Å². The van der Waals surface area contributed by atoms with Crippen molar-refractivity contribution in [3.8, 4) is 16.9 Å². The minimum Gasteiger partial charge on any atom is -0.497 e. The number of benzene rings is 2. The Kier molecular flexibility index (Phi) is 5.86. The van der Waals surface area contributed by atoms with Crippen LogP contribution in [0.2, 0.25) is 0 Å². The molecule has 0 saturated carbocycles. The molecule has 1 N–H and O–H groups in total. The monoisotopic (exact) mass is 365 g/mol. The van der Waals surface area contributed by atoms with Crippen molar-refractivity contribution in [2.45, 2.75) is 19.8 Å². The second-order valence-corrected chi connectivity index (χ2v) is 6.35. The van der Waals surface area contributed by atoms with E-state index >= 15 is 0 Å². The second-order valence-electron chi connectivity index (χ2n) is 6.35. The number of aryl methyl sites for hydroxylation is 1. The average Bonchev–Trinajstić information content (AvgIpc) is 3.22. The third kappa shape index (κ3) is 4.16. The molecule has 6 nitrogen and oxygen atoms in total. The number of rotatable bonds is 3. The van der Waals surface area contributed by atoms with Gasteiger partial charge >= 0.3 is 0 Å². The maximum atomic E-state index is 8.36. The van der Waals surface area contributed by atoms with Crippen LogP contribution in [0.3, 0.4) is 0 Å². The zero-order valence-electron chi connectivity index (χ0n) is 15.6. The van der Waals surface area contributed by atoms with E-state index in [1.807, 2.05) is 19.1 Å². The first-order valence-electron chi connectivity index (χ1n) is 8.92. The number of ether oxygens (including phenoxy) is 1. The molecule has 2 aromatic carbocycles. The minimum absolute atomic E-state index is 0.250. The van der Waals surface area contributed by atoms with Crippen LogP contribution in [-0.4, -0.2) is 41.7 Å². The lowest BCUT2D eigenvalue weighted by atomic mass is 10.0. The molecule has 6 heteroatoms. The van der Waals surface area contributed by atoms with Gasteiger partial charge in [-0.25, -0.2) is 9.97 Å². The van der Waals surface area contributed by atoms with Crippen LogP contribution in [-0.2, 0) is 4.79 Å². The molecule has 1 aliphatic heterocycles. The fourth-order valence-electron chi connectivity index (χ4n) is 3.36. The molecule has 1 saturated heterocycles.